The van der Waals surface area contributed by atoms with Gasteiger partial charge in [-0.2, -0.15) is 0 Å². The minimum atomic E-state index is 0.552. The second kappa shape index (κ2) is 9.31. The summed E-state index contributed by atoms with van der Waals surface area (Å²) in [5.74, 6) is 0.909. The molecule has 0 aliphatic rings. The van der Waals surface area contributed by atoms with Gasteiger partial charge >= 0.3 is 0 Å². The van der Waals surface area contributed by atoms with E-state index < -0.39 is 0 Å². The number of nitrogens with one attached hydrogen (secondary N) is 1. The highest BCUT2D eigenvalue weighted by Crippen LogP contribution is 2.29. The van der Waals surface area contributed by atoms with E-state index in [0.29, 0.717) is 12.3 Å². The van der Waals surface area contributed by atoms with Gasteiger partial charge in [-0.25, -0.2) is 0 Å². The van der Waals surface area contributed by atoms with Crippen LogP contribution in [0.5, 0.6) is 5.75 Å². The first kappa shape index (κ1) is 19.1. The van der Waals surface area contributed by atoms with Crippen LogP contribution in [0.15, 0.2) is 54.7 Å². The zero-order valence-corrected chi connectivity index (χ0v) is 16.3. The van der Waals surface area contributed by atoms with Crippen molar-refractivity contribution in [2.24, 2.45) is 0 Å². The van der Waals surface area contributed by atoms with Crippen molar-refractivity contribution >= 4 is 16.6 Å². The minimum Gasteiger partial charge on any atom is -0.489 e. The van der Waals surface area contributed by atoms with Crippen molar-refractivity contribution in [3.8, 4) is 5.75 Å². The predicted molar refractivity (Wildman–Crippen MR) is 113 cm³/mol. The number of ether oxygens (including phenoxy) is 1. The number of aromatic nitrogens is 1. The van der Waals surface area contributed by atoms with Crippen LogP contribution in [0.2, 0.25) is 0 Å². The molecule has 3 aromatic rings. The number of hydrogen-bond donors (Lipinski definition) is 1. The Kier molecular flexibility index (Phi) is 6.59. The summed E-state index contributed by atoms with van der Waals surface area (Å²) < 4.78 is 6.18. The van der Waals surface area contributed by atoms with Gasteiger partial charge in [0.25, 0.3) is 0 Å². The second-order valence-corrected chi connectivity index (χ2v) is 6.94. The number of rotatable bonds is 9. The first-order valence-corrected chi connectivity index (χ1v) is 9.89. The van der Waals surface area contributed by atoms with Crippen LogP contribution in [-0.2, 0) is 13.0 Å². The molecule has 1 aromatic heterocycles. The van der Waals surface area contributed by atoms with Crippen molar-refractivity contribution in [3.63, 3.8) is 0 Å². The molecular formula is C24H28N2O. The third-order valence-electron chi connectivity index (χ3n) is 4.79. The standard InChI is InChI=1S/C24H28N2O/c1-3-5-12-19-15-21-20(22(25)9-4-2)13-14-26-23(21)16-24(19)27-17-18-10-7-6-8-11-18/h6-8,10-11,13-16,25H,3-5,9,12,17H2,1-2H3. The van der Waals surface area contributed by atoms with Gasteiger partial charge in [-0.05, 0) is 42.5 Å². The zero-order valence-electron chi connectivity index (χ0n) is 16.3. The van der Waals surface area contributed by atoms with E-state index in [1.807, 2.05) is 30.3 Å². The monoisotopic (exact) mass is 360 g/mol. The second-order valence-electron chi connectivity index (χ2n) is 6.94. The van der Waals surface area contributed by atoms with Crippen LogP contribution in [0.25, 0.3) is 10.9 Å². The van der Waals surface area contributed by atoms with Crippen LogP contribution in [0.3, 0.4) is 0 Å². The predicted octanol–water partition coefficient (Wildman–Crippen LogP) is 6.32. The highest BCUT2D eigenvalue weighted by atomic mass is 16.5. The molecule has 3 heteroatoms. The molecule has 0 aliphatic carbocycles. The van der Waals surface area contributed by atoms with Crippen LogP contribution in [0.1, 0.15) is 56.2 Å². The third-order valence-corrected chi connectivity index (χ3v) is 4.79. The van der Waals surface area contributed by atoms with E-state index >= 15 is 0 Å². The van der Waals surface area contributed by atoms with E-state index in [9.17, 15) is 0 Å². The van der Waals surface area contributed by atoms with Gasteiger partial charge in [-0.3, -0.25) is 4.98 Å². The number of nitrogens with zero attached hydrogens (tertiary/aromatic N) is 1. The van der Waals surface area contributed by atoms with Gasteiger partial charge in [0, 0.05) is 28.9 Å². The number of pyridine rings is 1. The summed E-state index contributed by atoms with van der Waals surface area (Å²) in [5, 5.41) is 9.47. The van der Waals surface area contributed by atoms with Crippen molar-refractivity contribution in [3.05, 3.63) is 71.4 Å². The summed E-state index contributed by atoms with van der Waals surface area (Å²) in [4.78, 5) is 4.54. The highest BCUT2D eigenvalue weighted by molar-refractivity contribution is 6.08. The molecule has 0 aliphatic heterocycles. The summed E-state index contributed by atoms with van der Waals surface area (Å²) >= 11 is 0. The number of aryl methyl sites for hydroxylation is 1. The molecule has 3 rings (SSSR count). The van der Waals surface area contributed by atoms with Crippen molar-refractivity contribution in [2.75, 3.05) is 0 Å². The van der Waals surface area contributed by atoms with Crippen LogP contribution >= 0.6 is 0 Å². The Labute approximate surface area is 161 Å². The largest absolute Gasteiger partial charge is 0.489 e. The van der Waals surface area contributed by atoms with Gasteiger partial charge in [-0.1, -0.05) is 57.0 Å². The Morgan fingerprint density at radius 2 is 1.85 bits per heavy atom. The van der Waals surface area contributed by atoms with E-state index in [0.717, 1.165) is 59.9 Å². The average molecular weight is 361 g/mol. The number of benzene rings is 2. The molecule has 0 fully saturated rings. The van der Waals surface area contributed by atoms with Crippen LogP contribution < -0.4 is 4.74 Å². The molecule has 27 heavy (non-hydrogen) atoms. The summed E-state index contributed by atoms with van der Waals surface area (Å²) in [6.45, 7) is 4.87. The normalized spacial score (nSPS) is 10.9. The third kappa shape index (κ3) is 4.73. The topological polar surface area (TPSA) is 46.0 Å². The lowest BCUT2D eigenvalue weighted by Gasteiger charge is -2.15. The highest BCUT2D eigenvalue weighted by Gasteiger charge is 2.12. The molecule has 1 N–H and O–H groups in total. The molecule has 0 saturated heterocycles. The van der Waals surface area contributed by atoms with E-state index in [4.69, 9.17) is 10.1 Å². The Hall–Kier alpha value is -2.68. The summed E-state index contributed by atoms with van der Waals surface area (Å²) in [5.41, 5.74) is 4.94. The molecule has 0 radical (unpaired) electrons. The van der Waals surface area contributed by atoms with Crippen molar-refractivity contribution in [1.29, 1.82) is 5.41 Å². The summed E-state index contributed by atoms with van der Waals surface area (Å²) in [6, 6.07) is 16.4. The molecule has 0 saturated carbocycles. The molecule has 3 nitrogen and oxygen atoms in total. The van der Waals surface area contributed by atoms with Gasteiger partial charge in [0.2, 0.25) is 0 Å². The van der Waals surface area contributed by atoms with Crippen LogP contribution in [0.4, 0.5) is 0 Å². The fourth-order valence-corrected chi connectivity index (χ4v) is 3.30. The molecular weight excluding hydrogens is 332 g/mol. The molecule has 0 unspecified atom stereocenters. The van der Waals surface area contributed by atoms with E-state index in [1.54, 1.807) is 6.20 Å². The van der Waals surface area contributed by atoms with Gasteiger partial charge in [0.05, 0.1) is 5.52 Å². The van der Waals surface area contributed by atoms with Crippen LogP contribution in [0, 0.1) is 5.41 Å². The molecule has 0 bridgehead atoms. The van der Waals surface area contributed by atoms with Gasteiger partial charge in [-0.15, -0.1) is 0 Å². The minimum absolute atomic E-state index is 0.552. The summed E-state index contributed by atoms with van der Waals surface area (Å²) in [6.07, 6.45) is 6.80. The quantitative estimate of drug-likeness (QED) is 0.454. The number of fused-ring (bicyclic) bond motifs is 1. The van der Waals surface area contributed by atoms with Crippen molar-refractivity contribution < 1.29 is 4.74 Å². The fraction of sp³-hybridized carbons (Fsp3) is 0.333. The van der Waals surface area contributed by atoms with Crippen molar-refractivity contribution in [1.82, 2.24) is 4.98 Å². The Balaban J connectivity index is 1.97. The average Bonchev–Trinajstić information content (AvgIpc) is 2.70. The molecule has 140 valence electrons. The van der Waals surface area contributed by atoms with Gasteiger partial charge < -0.3 is 10.1 Å². The maximum Gasteiger partial charge on any atom is 0.125 e. The smallest absolute Gasteiger partial charge is 0.125 e. The lowest BCUT2D eigenvalue weighted by Crippen LogP contribution is -2.03. The first-order valence-electron chi connectivity index (χ1n) is 9.89. The zero-order chi connectivity index (χ0) is 19.1. The molecule has 0 atom stereocenters. The van der Waals surface area contributed by atoms with Gasteiger partial charge in [0.15, 0.2) is 0 Å². The molecule has 1 heterocycles. The Bertz CT molecular complexity index is 903. The lowest BCUT2D eigenvalue weighted by molar-refractivity contribution is 0.303. The van der Waals surface area contributed by atoms with Gasteiger partial charge in [0.1, 0.15) is 12.4 Å². The van der Waals surface area contributed by atoms with E-state index in [2.05, 4.69) is 37.0 Å². The van der Waals surface area contributed by atoms with E-state index in [-0.39, 0.29) is 0 Å². The summed E-state index contributed by atoms with van der Waals surface area (Å²) in [7, 11) is 0. The maximum atomic E-state index is 8.41. The molecule has 2 aromatic carbocycles. The number of hydrogen-bond acceptors (Lipinski definition) is 3. The first-order chi connectivity index (χ1) is 13.2. The Morgan fingerprint density at radius 1 is 1.04 bits per heavy atom. The van der Waals surface area contributed by atoms with E-state index in [1.165, 1.54) is 5.56 Å². The lowest BCUT2D eigenvalue weighted by atomic mass is 9.98. The SMILES string of the molecule is CCCCc1cc2c(C(=N)CCC)ccnc2cc1OCc1ccccc1. The molecule has 0 spiro atoms. The Morgan fingerprint density at radius 3 is 2.59 bits per heavy atom. The van der Waals surface area contributed by atoms with Crippen LogP contribution in [-0.4, -0.2) is 10.7 Å². The molecule has 0 amide bonds. The van der Waals surface area contributed by atoms with Crippen molar-refractivity contribution in [2.45, 2.75) is 52.6 Å². The maximum absolute atomic E-state index is 8.41. The fourth-order valence-electron chi connectivity index (χ4n) is 3.30. The number of unbranched alkanes of at least 4 members (excludes halogenated alkanes) is 1.